The molecular formula is C22H20BrClFN5O2S. The fraction of sp³-hybridized carbons (Fsp3) is 0.182. The second-order valence-electron chi connectivity index (χ2n) is 7.22. The van der Waals surface area contributed by atoms with E-state index in [0.717, 1.165) is 28.0 Å². The first-order chi connectivity index (χ1) is 15.8. The van der Waals surface area contributed by atoms with Crippen molar-refractivity contribution in [2.75, 3.05) is 18.4 Å². The van der Waals surface area contributed by atoms with Crippen LogP contribution in [0.15, 0.2) is 70.2 Å². The van der Waals surface area contributed by atoms with Crippen LogP contribution in [0.4, 0.5) is 10.2 Å². The first kappa shape index (κ1) is 23.6. The van der Waals surface area contributed by atoms with Crippen molar-refractivity contribution in [3.63, 3.8) is 0 Å². The Balaban J connectivity index is 1.38. The van der Waals surface area contributed by atoms with Gasteiger partial charge in [-0.25, -0.2) is 22.5 Å². The van der Waals surface area contributed by atoms with Crippen molar-refractivity contribution < 1.29 is 12.8 Å². The molecule has 0 aliphatic carbocycles. The van der Waals surface area contributed by atoms with Crippen molar-refractivity contribution in [1.82, 2.24) is 19.3 Å². The Labute approximate surface area is 204 Å². The molecule has 0 bridgehead atoms. The molecule has 0 amide bonds. The van der Waals surface area contributed by atoms with E-state index >= 15 is 0 Å². The Kier molecular flexibility index (Phi) is 7.28. The van der Waals surface area contributed by atoms with Gasteiger partial charge in [0.15, 0.2) is 5.65 Å². The zero-order chi connectivity index (χ0) is 23.4. The van der Waals surface area contributed by atoms with Gasteiger partial charge in [-0.3, -0.25) is 0 Å². The maximum absolute atomic E-state index is 13.0. The van der Waals surface area contributed by atoms with Gasteiger partial charge in [-0.1, -0.05) is 29.8 Å². The number of benzene rings is 2. The minimum Gasteiger partial charge on any atom is -0.370 e. The highest BCUT2D eigenvalue weighted by Crippen LogP contribution is 2.30. The van der Waals surface area contributed by atoms with Crippen LogP contribution >= 0.6 is 27.5 Å². The van der Waals surface area contributed by atoms with Crippen LogP contribution in [-0.4, -0.2) is 36.1 Å². The number of fused-ring (bicyclic) bond motifs is 1. The molecule has 0 fully saturated rings. The number of halogens is 3. The van der Waals surface area contributed by atoms with E-state index in [1.807, 2.05) is 30.3 Å². The van der Waals surface area contributed by atoms with E-state index in [1.165, 1.54) is 12.1 Å². The van der Waals surface area contributed by atoms with Crippen LogP contribution in [0, 0.1) is 5.82 Å². The Hall–Kier alpha value is -2.53. The number of unbranched alkanes of at least 4 members (excludes halogenated alkanes) is 1. The van der Waals surface area contributed by atoms with Gasteiger partial charge in [0, 0.05) is 29.7 Å². The largest absolute Gasteiger partial charge is 0.370 e. The molecule has 0 saturated heterocycles. The van der Waals surface area contributed by atoms with Gasteiger partial charge in [0.05, 0.1) is 21.3 Å². The van der Waals surface area contributed by atoms with Crippen molar-refractivity contribution in [1.29, 1.82) is 0 Å². The highest BCUT2D eigenvalue weighted by Gasteiger charge is 2.14. The highest BCUT2D eigenvalue weighted by molar-refractivity contribution is 9.10. The standard InChI is InChI=1S/C22H20BrClFN5O2S/c23-18-14-27-30-21(13-20(29-22(18)30)17-5-1-2-6-19(17)24)26-11-3-4-12-28-33(31,32)16-9-7-15(25)8-10-16/h1-2,5-10,13-14,26,28H,3-4,11-12H2. The third kappa shape index (κ3) is 5.52. The third-order valence-corrected chi connectivity index (χ3v) is 7.27. The number of nitrogens with one attached hydrogen (secondary N) is 2. The van der Waals surface area contributed by atoms with Gasteiger partial charge in [-0.2, -0.15) is 9.61 Å². The molecule has 0 unspecified atom stereocenters. The summed E-state index contributed by atoms with van der Waals surface area (Å²) in [6, 6.07) is 14.1. The number of anilines is 1. The topological polar surface area (TPSA) is 88.4 Å². The van der Waals surface area contributed by atoms with E-state index in [4.69, 9.17) is 11.6 Å². The molecule has 2 aromatic carbocycles. The van der Waals surface area contributed by atoms with Gasteiger partial charge in [0.1, 0.15) is 11.6 Å². The van der Waals surface area contributed by atoms with Crippen molar-refractivity contribution in [3.8, 4) is 11.3 Å². The average Bonchev–Trinajstić information content (AvgIpc) is 3.17. The smallest absolute Gasteiger partial charge is 0.240 e. The average molecular weight is 553 g/mol. The van der Waals surface area contributed by atoms with Gasteiger partial charge in [-0.05, 0) is 59.1 Å². The molecule has 0 spiro atoms. The summed E-state index contributed by atoms with van der Waals surface area (Å²) in [6.45, 7) is 0.863. The van der Waals surface area contributed by atoms with E-state index in [-0.39, 0.29) is 11.4 Å². The molecule has 0 saturated carbocycles. The SMILES string of the molecule is O=S(=O)(NCCCCNc1cc(-c2ccccc2Cl)nc2c(Br)cnn12)c1ccc(F)cc1. The summed E-state index contributed by atoms with van der Waals surface area (Å²) in [6.07, 6.45) is 3.00. The van der Waals surface area contributed by atoms with E-state index in [2.05, 4.69) is 36.1 Å². The molecule has 4 rings (SSSR count). The lowest BCUT2D eigenvalue weighted by atomic mass is 10.1. The molecule has 0 atom stereocenters. The Morgan fingerprint density at radius 3 is 2.55 bits per heavy atom. The number of hydrogen-bond acceptors (Lipinski definition) is 5. The summed E-state index contributed by atoms with van der Waals surface area (Å²) in [4.78, 5) is 4.71. The van der Waals surface area contributed by atoms with E-state index in [0.29, 0.717) is 35.8 Å². The fourth-order valence-electron chi connectivity index (χ4n) is 3.24. The number of hydrogen-bond donors (Lipinski definition) is 2. The molecule has 0 aliphatic rings. The van der Waals surface area contributed by atoms with Crippen LogP contribution in [0.2, 0.25) is 5.02 Å². The fourth-order valence-corrected chi connectivity index (χ4v) is 4.89. The second kappa shape index (κ2) is 10.2. The summed E-state index contributed by atoms with van der Waals surface area (Å²) >= 11 is 9.83. The predicted octanol–water partition coefficient (Wildman–Crippen LogP) is 5.12. The number of nitrogens with zero attached hydrogens (tertiary/aromatic N) is 3. The van der Waals surface area contributed by atoms with Crippen LogP contribution in [0.25, 0.3) is 16.9 Å². The minimum absolute atomic E-state index is 0.0394. The van der Waals surface area contributed by atoms with E-state index in [9.17, 15) is 12.8 Å². The van der Waals surface area contributed by atoms with Crippen molar-refractivity contribution in [2.24, 2.45) is 0 Å². The highest BCUT2D eigenvalue weighted by atomic mass is 79.9. The van der Waals surface area contributed by atoms with Crippen LogP contribution in [0.3, 0.4) is 0 Å². The summed E-state index contributed by atoms with van der Waals surface area (Å²) < 4.78 is 42.5. The Morgan fingerprint density at radius 2 is 1.79 bits per heavy atom. The lowest BCUT2D eigenvalue weighted by Gasteiger charge is -2.12. The molecule has 4 aromatic rings. The van der Waals surface area contributed by atoms with Gasteiger partial charge in [0.25, 0.3) is 0 Å². The summed E-state index contributed by atoms with van der Waals surface area (Å²) in [5, 5.41) is 8.30. The molecule has 2 N–H and O–H groups in total. The summed E-state index contributed by atoms with van der Waals surface area (Å²) in [5.74, 6) is 0.264. The quantitative estimate of drug-likeness (QED) is 0.281. The lowest BCUT2D eigenvalue weighted by Crippen LogP contribution is -2.25. The molecule has 172 valence electrons. The Bertz CT molecular complexity index is 1380. The monoisotopic (exact) mass is 551 g/mol. The van der Waals surface area contributed by atoms with Gasteiger partial charge in [-0.15, -0.1) is 0 Å². The molecule has 33 heavy (non-hydrogen) atoms. The minimum atomic E-state index is -3.66. The van der Waals surface area contributed by atoms with Crippen LogP contribution in [0.1, 0.15) is 12.8 Å². The van der Waals surface area contributed by atoms with E-state index in [1.54, 1.807) is 10.7 Å². The van der Waals surface area contributed by atoms with Crippen molar-refractivity contribution in [3.05, 3.63) is 76.1 Å². The van der Waals surface area contributed by atoms with Crippen molar-refractivity contribution >= 4 is 49.0 Å². The first-order valence-electron chi connectivity index (χ1n) is 10.1. The summed E-state index contributed by atoms with van der Waals surface area (Å²) in [5.41, 5.74) is 2.18. The lowest BCUT2D eigenvalue weighted by molar-refractivity contribution is 0.576. The molecule has 7 nitrogen and oxygen atoms in total. The molecule has 11 heteroatoms. The summed E-state index contributed by atoms with van der Waals surface area (Å²) in [7, 11) is -3.66. The molecule has 0 aliphatic heterocycles. The number of aromatic nitrogens is 3. The van der Waals surface area contributed by atoms with Crippen LogP contribution in [-0.2, 0) is 10.0 Å². The van der Waals surface area contributed by atoms with Gasteiger partial charge in [0.2, 0.25) is 10.0 Å². The van der Waals surface area contributed by atoms with Crippen molar-refractivity contribution in [2.45, 2.75) is 17.7 Å². The maximum Gasteiger partial charge on any atom is 0.240 e. The number of sulfonamides is 1. The molecular weight excluding hydrogens is 533 g/mol. The first-order valence-corrected chi connectivity index (χ1v) is 12.8. The maximum atomic E-state index is 13.0. The van der Waals surface area contributed by atoms with E-state index < -0.39 is 15.8 Å². The Morgan fingerprint density at radius 1 is 1.06 bits per heavy atom. The van der Waals surface area contributed by atoms with Gasteiger partial charge >= 0.3 is 0 Å². The normalized spacial score (nSPS) is 11.7. The third-order valence-electron chi connectivity index (χ3n) is 4.90. The number of rotatable bonds is 9. The van der Waals surface area contributed by atoms with Crippen LogP contribution < -0.4 is 10.0 Å². The molecule has 2 aromatic heterocycles. The molecule has 2 heterocycles. The predicted molar refractivity (Wildman–Crippen MR) is 130 cm³/mol. The second-order valence-corrected chi connectivity index (χ2v) is 10.2. The zero-order valence-electron chi connectivity index (χ0n) is 17.3. The zero-order valence-corrected chi connectivity index (χ0v) is 20.5. The van der Waals surface area contributed by atoms with Gasteiger partial charge < -0.3 is 5.32 Å². The molecule has 0 radical (unpaired) electrons. The van der Waals surface area contributed by atoms with Crippen LogP contribution in [0.5, 0.6) is 0 Å².